The van der Waals surface area contributed by atoms with Crippen molar-refractivity contribution in [2.75, 3.05) is 7.11 Å². The topological polar surface area (TPSA) is 26.3 Å². The van der Waals surface area contributed by atoms with Crippen LogP contribution in [-0.4, -0.2) is 13.1 Å². The van der Waals surface area contributed by atoms with Gasteiger partial charge in [0.1, 0.15) is 5.03 Å². The van der Waals surface area contributed by atoms with Gasteiger partial charge in [-0.05, 0) is 25.3 Å². The van der Waals surface area contributed by atoms with Crippen LogP contribution < -0.4 is 0 Å². The zero-order valence-electron chi connectivity index (χ0n) is 10.6. The maximum atomic E-state index is 11.1. The van der Waals surface area contributed by atoms with Crippen LogP contribution in [0, 0.1) is 0 Å². The molecule has 0 aromatic carbocycles. The Balaban J connectivity index is 3.71. The minimum atomic E-state index is -0.426. The molecule has 0 aliphatic heterocycles. The highest BCUT2D eigenvalue weighted by Gasteiger charge is 2.09. The molecule has 0 aromatic rings. The Morgan fingerprint density at radius 2 is 1.69 bits per heavy atom. The fraction of sp³-hybridized carbons (Fsp3) is 0.769. The lowest BCUT2D eigenvalue weighted by Gasteiger charge is -2.04. The normalized spacial score (nSPS) is 12.2. The zero-order valence-corrected chi connectivity index (χ0v) is 11.4. The molecule has 0 fully saturated rings. The van der Waals surface area contributed by atoms with Crippen LogP contribution in [0.3, 0.4) is 0 Å². The van der Waals surface area contributed by atoms with E-state index in [1.54, 1.807) is 0 Å². The maximum absolute atomic E-state index is 11.1. The number of halogens is 1. The van der Waals surface area contributed by atoms with Crippen LogP contribution in [0.25, 0.3) is 0 Å². The summed E-state index contributed by atoms with van der Waals surface area (Å²) in [6.45, 7) is 4.11. The highest BCUT2D eigenvalue weighted by Crippen LogP contribution is 2.18. The van der Waals surface area contributed by atoms with Gasteiger partial charge in [0.2, 0.25) is 0 Å². The van der Waals surface area contributed by atoms with E-state index in [9.17, 15) is 4.79 Å². The summed E-state index contributed by atoms with van der Waals surface area (Å²) in [5, 5.41) is 0.246. The van der Waals surface area contributed by atoms with Crippen LogP contribution >= 0.6 is 11.6 Å². The fourth-order valence-corrected chi connectivity index (χ4v) is 1.72. The molecular weight excluding hydrogens is 224 g/mol. The molecule has 0 radical (unpaired) electrons. The number of methoxy groups -OCH3 is 1. The van der Waals surface area contributed by atoms with Crippen LogP contribution in [0.4, 0.5) is 0 Å². The van der Waals surface area contributed by atoms with E-state index >= 15 is 0 Å². The summed E-state index contributed by atoms with van der Waals surface area (Å²) in [6.07, 6.45) is 8.37. The van der Waals surface area contributed by atoms with E-state index in [1.807, 2.05) is 6.92 Å². The predicted octanol–water partition coefficient (Wildman–Crippen LogP) is 4.42. The van der Waals surface area contributed by atoms with Crippen LogP contribution in [0.5, 0.6) is 0 Å². The predicted molar refractivity (Wildman–Crippen MR) is 68.6 cm³/mol. The van der Waals surface area contributed by atoms with Crippen molar-refractivity contribution >= 4 is 17.6 Å². The van der Waals surface area contributed by atoms with Gasteiger partial charge >= 0.3 is 5.97 Å². The molecule has 16 heavy (non-hydrogen) atoms. The molecular formula is C13H23ClO2. The summed E-state index contributed by atoms with van der Waals surface area (Å²) >= 11 is 5.85. The Morgan fingerprint density at radius 3 is 2.25 bits per heavy atom. The summed E-state index contributed by atoms with van der Waals surface area (Å²) in [5.41, 5.74) is 0.934. The number of unbranched alkanes of at least 4 members (excludes halogenated alkanes) is 5. The molecule has 0 amide bonds. The molecule has 0 heterocycles. The quantitative estimate of drug-likeness (QED) is 0.360. The van der Waals surface area contributed by atoms with E-state index in [0.29, 0.717) is 0 Å². The second-order valence-electron chi connectivity index (χ2n) is 4.10. The number of ether oxygens (including phenoxy) is 1. The number of hydrogen-bond donors (Lipinski definition) is 0. The smallest absolute Gasteiger partial charge is 0.349 e. The first-order valence-corrected chi connectivity index (χ1v) is 6.44. The number of allylic oxidation sites excluding steroid dienone is 1. The fourth-order valence-electron chi connectivity index (χ4n) is 1.54. The van der Waals surface area contributed by atoms with E-state index in [1.165, 1.54) is 39.2 Å². The van der Waals surface area contributed by atoms with Gasteiger partial charge in [0, 0.05) is 0 Å². The van der Waals surface area contributed by atoms with Crippen LogP contribution in [0.1, 0.15) is 58.8 Å². The van der Waals surface area contributed by atoms with Gasteiger partial charge in [-0.25, -0.2) is 4.79 Å². The minimum Gasteiger partial charge on any atom is -0.465 e. The molecule has 0 unspecified atom stereocenters. The van der Waals surface area contributed by atoms with Gasteiger partial charge in [0.25, 0.3) is 0 Å². The molecule has 3 heteroatoms. The Kier molecular flexibility index (Phi) is 9.40. The van der Waals surface area contributed by atoms with E-state index in [2.05, 4.69) is 11.7 Å². The number of esters is 1. The van der Waals surface area contributed by atoms with Crippen molar-refractivity contribution in [1.82, 2.24) is 0 Å². The van der Waals surface area contributed by atoms with Gasteiger partial charge in [-0.15, -0.1) is 0 Å². The van der Waals surface area contributed by atoms with Crippen molar-refractivity contribution in [3.05, 3.63) is 10.6 Å². The number of hydrogen-bond acceptors (Lipinski definition) is 2. The Morgan fingerprint density at radius 1 is 1.12 bits per heavy atom. The summed E-state index contributed by atoms with van der Waals surface area (Å²) in [4.78, 5) is 11.1. The number of carbonyl (C=O) groups is 1. The Labute approximate surface area is 104 Å². The van der Waals surface area contributed by atoms with Gasteiger partial charge in [0.05, 0.1) is 7.11 Å². The number of carbonyl (C=O) groups excluding carboxylic acids is 1. The first-order chi connectivity index (χ1) is 7.63. The molecule has 0 saturated carbocycles. The lowest BCUT2D eigenvalue weighted by atomic mass is 10.1. The number of rotatable bonds is 8. The maximum Gasteiger partial charge on any atom is 0.349 e. The highest BCUT2D eigenvalue weighted by atomic mass is 35.5. The van der Waals surface area contributed by atoms with Gasteiger partial charge < -0.3 is 4.74 Å². The zero-order chi connectivity index (χ0) is 12.4. The molecule has 0 rings (SSSR count). The van der Waals surface area contributed by atoms with Crippen molar-refractivity contribution in [3.8, 4) is 0 Å². The summed E-state index contributed by atoms with van der Waals surface area (Å²) in [6, 6.07) is 0. The van der Waals surface area contributed by atoms with Crippen LogP contribution in [0.15, 0.2) is 10.6 Å². The average Bonchev–Trinajstić information content (AvgIpc) is 2.31. The summed E-state index contributed by atoms with van der Waals surface area (Å²) < 4.78 is 4.56. The largest absolute Gasteiger partial charge is 0.465 e. The van der Waals surface area contributed by atoms with Crippen molar-refractivity contribution in [2.24, 2.45) is 0 Å². The molecule has 0 aliphatic rings. The Bertz CT molecular complexity index is 234. The van der Waals surface area contributed by atoms with Crippen LogP contribution in [-0.2, 0) is 9.53 Å². The van der Waals surface area contributed by atoms with E-state index < -0.39 is 5.97 Å². The molecule has 0 atom stereocenters. The third-order valence-corrected chi connectivity index (χ3v) is 3.12. The molecule has 2 nitrogen and oxygen atoms in total. The molecule has 0 N–H and O–H groups in total. The molecule has 94 valence electrons. The second-order valence-corrected chi connectivity index (χ2v) is 4.48. The van der Waals surface area contributed by atoms with Gasteiger partial charge in [-0.2, -0.15) is 0 Å². The van der Waals surface area contributed by atoms with Crippen molar-refractivity contribution in [3.63, 3.8) is 0 Å². The third-order valence-electron chi connectivity index (χ3n) is 2.64. The second kappa shape index (κ2) is 9.71. The summed E-state index contributed by atoms with van der Waals surface area (Å²) in [7, 11) is 1.35. The van der Waals surface area contributed by atoms with E-state index in [0.717, 1.165) is 18.4 Å². The van der Waals surface area contributed by atoms with Gasteiger partial charge in [-0.3, -0.25) is 0 Å². The lowest BCUT2D eigenvalue weighted by Crippen LogP contribution is -2.02. The van der Waals surface area contributed by atoms with Crippen molar-refractivity contribution in [2.45, 2.75) is 58.8 Å². The first-order valence-electron chi connectivity index (χ1n) is 6.07. The molecule has 0 aliphatic carbocycles. The third kappa shape index (κ3) is 6.89. The lowest BCUT2D eigenvalue weighted by molar-refractivity contribution is -0.135. The van der Waals surface area contributed by atoms with Gasteiger partial charge in [0.15, 0.2) is 0 Å². The van der Waals surface area contributed by atoms with Crippen molar-refractivity contribution in [1.29, 1.82) is 0 Å². The minimum absolute atomic E-state index is 0.246. The van der Waals surface area contributed by atoms with E-state index in [-0.39, 0.29) is 5.03 Å². The van der Waals surface area contributed by atoms with E-state index in [4.69, 9.17) is 11.6 Å². The highest BCUT2D eigenvalue weighted by molar-refractivity contribution is 6.41. The molecule has 0 bridgehead atoms. The summed E-state index contributed by atoms with van der Waals surface area (Å²) in [5.74, 6) is -0.426. The van der Waals surface area contributed by atoms with Crippen LogP contribution in [0.2, 0.25) is 0 Å². The SMILES string of the molecule is CCCCCCCCC(C)=C(Cl)C(=O)OC. The molecule has 0 spiro atoms. The Hall–Kier alpha value is -0.500. The van der Waals surface area contributed by atoms with Gasteiger partial charge in [-0.1, -0.05) is 50.6 Å². The first kappa shape index (κ1) is 15.5. The monoisotopic (exact) mass is 246 g/mol. The average molecular weight is 247 g/mol. The molecule has 0 aromatic heterocycles. The van der Waals surface area contributed by atoms with Crippen molar-refractivity contribution < 1.29 is 9.53 Å². The molecule has 0 saturated heterocycles. The standard InChI is InChI=1S/C13H23ClO2/c1-4-5-6-7-8-9-10-11(2)12(14)13(15)16-3/h4-10H2,1-3H3.